The Hall–Kier alpha value is -1.92. The third-order valence-electron chi connectivity index (χ3n) is 15.4. The summed E-state index contributed by atoms with van der Waals surface area (Å²) in [6.07, 6.45) is 80.7. The number of nitrogens with one attached hydrogen (secondary N) is 1. The molecule has 0 fully saturated rings. The van der Waals surface area contributed by atoms with Gasteiger partial charge in [-0.05, 0) is 83.5 Å². The molecule has 0 saturated carbocycles. The standard InChI is InChI=1S/C68H129NO5/c1-3-5-7-9-11-13-15-17-18-34-38-42-46-50-54-58-62-68(73)74-63-59-55-51-47-43-39-35-32-30-28-26-24-22-20-19-21-23-25-27-29-31-33-37-41-45-49-53-57-61-67(72)69-65(64-70)66(71)60-56-52-48-44-40-36-16-14-12-10-8-6-4-2/h18-20,34,56,60,65-66,70-71H,3-17,21-33,35-55,57-59,61-64H2,1-2H3,(H,69,72)/b20-19-,34-18-,60-56+. The van der Waals surface area contributed by atoms with Crippen molar-refractivity contribution >= 4 is 11.9 Å². The minimum absolute atomic E-state index is 0.00823. The number of hydrogen-bond donors (Lipinski definition) is 3. The molecule has 436 valence electrons. The number of esters is 1. The van der Waals surface area contributed by atoms with Crippen LogP contribution < -0.4 is 5.32 Å². The van der Waals surface area contributed by atoms with Crippen molar-refractivity contribution in [3.63, 3.8) is 0 Å². The van der Waals surface area contributed by atoms with Crippen LogP contribution in [-0.4, -0.2) is 47.4 Å². The molecule has 0 heterocycles. The van der Waals surface area contributed by atoms with Crippen molar-refractivity contribution in [2.45, 2.75) is 373 Å². The average molecular weight is 1040 g/mol. The Morgan fingerprint density at radius 3 is 0.959 bits per heavy atom. The predicted octanol–water partition coefficient (Wildman–Crippen LogP) is 21.1. The summed E-state index contributed by atoms with van der Waals surface area (Å²) in [6, 6.07) is -0.627. The summed E-state index contributed by atoms with van der Waals surface area (Å²) in [6.45, 7) is 4.91. The molecule has 6 heteroatoms. The van der Waals surface area contributed by atoms with Crippen molar-refractivity contribution in [3.05, 3.63) is 36.5 Å². The van der Waals surface area contributed by atoms with Crippen LogP contribution in [0.1, 0.15) is 361 Å². The molecule has 0 spiro atoms. The van der Waals surface area contributed by atoms with Crippen LogP contribution in [0.25, 0.3) is 0 Å². The number of allylic oxidation sites excluding steroid dienone is 5. The number of rotatable bonds is 62. The molecule has 0 aromatic carbocycles. The fourth-order valence-corrected chi connectivity index (χ4v) is 10.3. The first kappa shape index (κ1) is 72.1. The first-order valence-corrected chi connectivity index (χ1v) is 33.3. The summed E-state index contributed by atoms with van der Waals surface area (Å²) in [4.78, 5) is 24.5. The monoisotopic (exact) mass is 1040 g/mol. The number of carbonyl (C=O) groups is 2. The molecule has 0 aliphatic rings. The maximum atomic E-state index is 12.5. The minimum atomic E-state index is -0.844. The van der Waals surface area contributed by atoms with Gasteiger partial charge in [-0.15, -0.1) is 0 Å². The van der Waals surface area contributed by atoms with Crippen LogP contribution in [0.2, 0.25) is 0 Å². The quantitative estimate of drug-likeness (QED) is 0.0320. The number of ether oxygens (including phenoxy) is 1. The summed E-state index contributed by atoms with van der Waals surface area (Å²) in [5, 5.41) is 23.1. The van der Waals surface area contributed by atoms with Gasteiger partial charge in [-0.25, -0.2) is 0 Å². The van der Waals surface area contributed by atoms with Crippen LogP contribution in [0.15, 0.2) is 36.5 Å². The lowest BCUT2D eigenvalue weighted by atomic mass is 10.0. The Balaban J connectivity index is 3.38. The lowest BCUT2D eigenvalue weighted by molar-refractivity contribution is -0.143. The van der Waals surface area contributed by atoms with E-state index in [0.717, 1.165) is 44.9 Å². The Morgan fingerprint density at radius 1 is 0.365 bits per heavy atom. The zero-order valence-electron chi connectivity index (χ0n) is 49.8. The van der Waals surface area contributed by atoms with Crippen molar-refractivity contribution in [2.75, 3.05) is 13.2 Å². The van der Waals surface area contributed by atoms with E-state index in [1.54, 1.807) is 6.08 Å². The van der Waals surface area contributed by atoms with Crippen molar-refractivity contribution in [2.24, 2.45) is 0 Å². The molecule has 2 unspecified atom stereocenters. The molecular weight excluding hydrogens is 911 g/mol. The summed E-state index contributed by atoms with van der Waals surface area (Å²) in [7, 11) is 0. The van der Waals surface area contributed by atoms with Gasteiger partial charge in [-0.3, -0.25) is 9.59 Å². The Morgan fingerprint density at radius 2 is 0.635 bits per heavy atom. The zero-order valence-corrected chi connectivity index (χ0v) is 49.8. The topological polar surface area (TPSA) is 95.9 Å². The maximum absolute atomic E-state index is 12.5. The molecule has 0 aromatic rings. The van der Waals surface area contributed by atoms with Crippen molar-refractivity contribution in [3.8, 4) is 0 Å². The van der Waals surface area contributed by atoms with E-state index >= 15 is 0 Å². The first-order valence-electron chi connectivity index (χ1n) is 33.3. The van der Waals surface area contributed by atoms with E-state index in [9.17, 15) is 19.8 Å². The van der Waals surface area contributed by atoms with E-state index in [1.165, 1.54) is 289 Å². The highest BCUT2D eigenvalue weighted by molar-refractivity contribution is 5.76. The van der Waals surface area contributed by atoms with E-state index in [4.69, 9.17) is 4.74 Å². The minimum Gasteiger partial charge on any atom is -0.466 e. The highest BCUT2D eigenvalue weighted by atomic mass is 16.5. The van der Waals surface area contributed by atoms with E-state index in [-0.39, 0.29) is 18.5 Å². The third-order valence-corrected chi connectivity index (χ3v) is 15.4. The molecule has 6 nitrogen and oxygen atoms in total. The molecule has 0 aliphatic heterocycles. The molecule has 0 bridgehead atoms. The maximum Gasteiger partial charge on any atom is 0.305 e. The second-order valence-corrected chi connectivity index (χ2v) is 22.8. The van der Waals surface area contributed by atoms with Gasteiger partial charge in [0.25, 0.3) is 0 Å². The van der Waals surface area contributed by atoms with Crippen LogP contribution in [0.5, 0.6) is 0 Å². The number of amides is 1. The van der Waals surface area contributed by atoms with Gasteiger partial charge in [0.05, 0.1) is 25.4 Å². The third kappa shape index (κ3) is 59.3. The smallest absolute Gasteiger partial charge is 0.305 e. The molecule has 0 radical (unpaired) electrons. The Bertz CT molecular complexity index is 1200. The van der Waals surface area contributed by atoms with Gasteiger partial charge >= 0.3 is 5.97 Å². The number of aliphatic hydroxyl groups excluding tert-OH is 2. The van der Waals surface area contributed by atoms with Gasteiger partial charge < -0.3 is 20.3 Å². The summed E-state index contributed by atoms with van der Waals surface area (Å²) in [5.74, 6) is -0.0590. The van der Waals surface area contributed by atoms with E-state index in [1.807, 2.05) is 6.08 Å². The molecule has 0 aliphatic carbocycles. The van der Waals surface area contributed by atoms with E-state index in [2.05, 4.69) is 43.5 Å². The van der Waals surface area contributed by atoms with Crippen LogP contribution in [0.3, 0.4) is 0 Å². The highest BCUT2D eigenvalue weighted by Gasteiger charge is 2.18. The fourth-order valence-electron chi connectivity index (χ4n) is 10.3. The number of carbonyl (C=O) groups excluding carboxylic acids is 2. The molecule has 0 aromatic heterocycles. The second kappa shape index (κ2) is 63.6. The van der Waals surface area contributed by atoms with Crippen LogP contribution in [0, 0.1) is 0 Å². The van der Waals surface area contributed by atoms with Gasteiger partial charge in [0.1, 0.15) is 0 Å². The number of unbranched alkanes of at least 4 members (excludes halogenated alkanes) is 47. The predicted molar refractivity (Wildman–Crippen MR) is 324 cm³/mol. The molecule has 74 heavy (non-hydrogen) atoms. The summed E-state index contributed by atoms with van der Waals surface area (Å²) >= 11 is 0. The average Bonchev–Trinajstić information content (AvgIpc) is 3.40. The Kier molecular flexibility index (Phi) is 62.0. The molecule has 0 saturated heterocycles. The largest absolute Gasteiger partial charge is 0.466 e. The van der Waals surface area contributed by atoms with Crippen LogP contribution in [-0.2, 0) is 14.3 Å². The Labute approximate surface area is 462 Å². The second-order valence-electron chi connectivity index (χ2n) is 22.8. The van der Waals surface area contributed by atoms with Crippen LogP contribution in [0.4, 0.5) is 0 Å². The van der Waals surface area contributed by atoms with Gasteiger partial charge in [0, 0.05) is 12.8 Å². The number of aliphatic hydroxyl groups is 2. The van der Waals surface area contributed by atoms with Crippen molar-refractivity contribution in [1.82, 2.24) is 5.32 Å². The lowest BCUT2D eigenvalue weighted by Crippen LogP contribution is -2.45. The fraction of sp³-hybridized carbons (Fsp3) is 0.882. The van der Waals surface area contributed by atoms with E-state index in [0.29, 0.717) is 19.4 Å². The molecule has 1 amide bonds. The van der Waals surface area contributed by atoms with Gasteiger partial charge in [0.15, 0.2) is 0 Å². The van der Waals surface area contributed by atoms with Gasteiger partial charge in [-0.1, -0.05) is 301 Å². The van der Waals surface area contributed by atoms with Crippen molar-refractivity contribution in [1.29, 1.82) is 0 Å². The molecular formula is C68H129NO5. The van der Waals surface area contributed by atoms with Gasteiger partial charge in [0.2, 0.25) is 5.91 Å². The lowest BCUT2D eigenvalue weighted by Gasteiger charge is -2.20. The zero-order chi connectivity index (χ0) is 53.6. The van der Waals surface area contributed by atoms with Gasteiger partial charge in [-0.2, -0.15) is 0 Å². The summed E-state index contributed by atoms with van der Waals surface area (Å²) in [5.41, 5.74) is 0. The van der Waals surface area contributed by atoms with Crippen LogP contribution >= 0.6 is 0 Å². The SMILES string of the molecule is CCCCCCCCC/C=C\CCCCCCCC(=O)OCCCCCCCCCCCCCC/C=C\CCCCCCCCCCCCCCC(=O)NC(CO)C(O)/C=C/CCCCCCCCCCCCC. The van der Waals surface area contributed by atoms with Crippen molar-refractivity contribution < 1.29 is 24.5 Å². The molecule has 3 N–H and O–H groups in total. The van der Waals surface area contributed by atoms with E-state index < -0.39 is 12.1 Å². The first-order chi connectivity index (χ1) is 36.5. The number of hydrogen-bond acceptors (Lipinski definition) is 5. The normalized spacial score (nSPS) is 12.8. The highest BCUT2D eigenvalue weighted by Crippen LogP contribution is 2.17. The summed E-state index contributed by atoms with van der Waals surface area (Å²) < 4.78 is 5.49. The molecule has 0 rings (SSSR count). The molecule has 2 atom stereocenters.